The molecule has 0 unspecified atom stereocenters. The number of halogens is 3. The molecule has 0 aliphatic heterocycles. The van der Waals surface area contributed by atoms with Gasteiger partial charge in [-0.1, -0.05) is 24.3 Å². The van der Waals surface area contributed by atoms with Crippen molar-refractivity contribution in [3.8, 4) is 0 Å². The van der Waals surface area contributed by atoms with Gasteiger partial charge in [-0.2, -0.15) is 13.2 Å². The van der Waals surface area contributed by atoms with E-state index in [1.165, 1.54) is 31.4 Å². The maximum absolute atomic E-state index is 13.3. The first-order valence-electron chi connectivity index (χ1n) is 10.9. The van der Waals surface area contributed by atoms with Crippen LogP contribution in [-0.4, -0.2) is 16.0 Å². The first-order valence-corrected chi connectivity index (χ1v) is 10.9. The number of alkyl halides is 3. The number of aromatic nitrogens is 1. The highest BCUT2D eigenvalue weighted by Crippen LogP contribution is 2.74. The fourth-order valence-corrected chi connectivity index (χ4v) is 5.83. The van der Waals surface area contributed by atoms with Crippen LogP contribution in [0.3, 0.4) is 0 Å². The minimum Gasteiger partial charge on any atom is -0.346 e. The molecule has 4 fully saturated rings. The quantitative estimate of drug-likeness (QED) is 0.554. The summed E-state index contributed by atoms with van der Waals surface area (Å²) in [5.74, 6) is 0.832. The number of carbonyl (C=O) groups is 1. The lowest BCUT2D eigenvalue weighted by Crippen LogP contribution is -2.65. The number of nitrogens with zero attached hydrogens (tertiary/aromatic N) is 1. The van der Waals surface area contributed by atoms with E-state index >= 15 is 0 Å². The largest absolute Gasteiger partial charge is 0.416 e. The van der Waals surface area contributed by atoms with E-state index in [0.29, 0.717) is 17.5 Å². The van der Waals surface area contributed by atoms with Crippen molar-refractivity contribution in [3.05, 3.63) is 71.4 Å². The predicted molar refractivity (Wildman–Crippen MR) is 112 cm³/mol. The van der Waals surface area contributed by atoms with E-state index in [1.807, 2.05) is 35.0 Å². The van der Waals surface area contributed by atoms with Crippen LogP contribution in [0.4, 0.5) is 13.2 Å². The highest BCUT2D eigenvalue weighted by molar-refractivity contribution is 6.06. The van der Waals surface area contributed by atoms with Crippen molar-refractivity contribution in [2.45, 2.75) is 50.4 Å². The topological polar surface area (TPSA) is 34.0 Å². The Morgan fingerprint density at radius 1 is 1.03 bits per heavy atom. The maximum atomic E-state index is 13.3. The van der Waals surface area contributed by atoms with Crippen LogP contribution < -0.4 is 5.32 Å². The zero-order valence-electron chi connectivity index (χ0n) is 17.0. The molecular formula is C25H23F3N2O. The van der Waals surface area contributed by atoms with Gasteiger partial charge in [-0.25, -0.2) is 0 Å². The van der Waals surface area contributed by atoms with Crippen LogP contribution in [0.1, 0.15) is 53.6 Å². The van der Waals surface area contributed by atoms with Crippen molar-refractivity contribution in [3.63, 3.8) is 0 Å². The van der Waals surface area contributed by atoms with Crippen molar-refractivity contribution < 1.29 is 18.0 Å². The molecule has 1 N–H and O–H groups in total. The average Bonchev–Trinajstić information content (AvgIpc) is 3.29. The second-order valence-corrected chi connectivity index (χ2v) is 9.68. The molecule has 4 aliphatic carbocycles. The normalized spacial score (nSPS) is 25.6. The van der Waals surface area contributed by atoms with Crippen LogP contribution in [-0.2, 0) is 12.7 Å². The highest BCUT2D eigenvalue weighted by Gasteiger charge is 2.71. The number of hydrogen-bond donors (Lipinski definition) is 1. The van der Waals surface area contributed by atoms with Gasteiger partial charge in [-0.05, 0) is 73.3 Å². The molecule has 0 saturated heterocycles. The number of rotatable bonds is 5. The van der Waals surface area contributed by atoms with E-state index < -0.39 is 11.7 Å². The molecule has 0 radical (unpaired) electrons. The first-order chi connectivity index (χ1) is 14.8. The molecule has 160 valence electrons. The van der Waals surface area contributed by atoms with Gasteiger partial charge in [-0.3, -0.25) is 4.79 Å². The molecule has 6 heteroatoms. The zero-order chi connectivity index (χ0) is 21.4. The number of amides is 1. The van der Waals surface area contributed by atoms with E-state index in [4.69, 9.17) is 0 Å². The standard InChI is InChI=1S/C25H23F3N2O/c26-25(27,28)19-6-4-16(5-7-19)15-30-11-8-18-2-1-3-20(21(18)30)22(31)29-24(9-10-24)23-12-17(13-23)14-23/h1-8,11,17H,9-10,12-15H2,(H,29,31). The summed E-state index contributed by atoms with van der Waals surface area (Å²) in [4.78, 5) is 13.3. The number of benzene rings is 2. The lowest BCUT2D eigenvalue weighted by atomic mass is 9.40. The van der Waals surface area contributed by atoms with Crippen LogP contribution in [0.2, 0.25) is 0 Å². The third-order valence-electron chi connectivity index (χ3n) is 7.82. The molecule has 4 saturated carbocycles. The Labute approximate surface area is 178 Å². The molecule has 1 aromatic heterocycles. The molecule has 0 spiro atoms. The molecule has 0 atom stereocenters. The Kier molecular flexibility index (Phi) is 3.76. The predicted octanol–water partition coefficient (Wildman–Crippen LogP) is 5.77. The Morgan fingerprint density at radius 2 is 1.74 bits per heavy atom. The summed E-state index contributed by atoms with van der Waals surface area (Å²) in [7, 11) is 0. The summed E-state index contributed by atoms with van der Waals surface area (Å²) < 4.78 is 40.5. The fourth-order valence-electron chi connectivity index (χ4n) is 5.83. The van der Waals surface area contributed by atoms with Gasteiger partial charge in [-0.15, -0.1) is 0 Å². The van der Waals surface area contributed by atoms with Gasteiger partial charge in [0.15, 0.2) is 0 Å². The average molecular weight is 424 g/mol. The number of nitrogens with one attached hydrogen (secondary N) is 1. The molecule has 1 heterocycles. The summed E-state index contributed by atoms with van der Waals surface area (Å²) in [5.41, 5.74) is 1.88. The van der Waals surface area contributed by atoms with Gasteiger partial charge < -0.3 is 9.88 Å². The van der Waals surface area contributed by atoms with E-state index in [9.17, 15) is 18.0 Å². The molecule has 7 rings (SSSR count). The number of fused-ring (bicyclic) bond motifs is 1. The fraction of sp³-hybridized carbons (Fsp3) is 0.400. The highest BCUT2D eigenvalue weighted by atomic mass is 19.4. The second kappa shape index (κ2) is 6.15. The molecule has 2 aromatic carbocycles. The summed E-state index contributed by atoms with van der Waals surface area (Å²) in [6, 6.07) is 12.9. The monoisotopic (exact) mass is 424 g/mol. The molecule has 3 nitrogen and oxygen atoms in total. The van der Waals surface area contributed by atoms with Gasteiger partial charge in [0.05, 0.1) is 16.6 Å². The summed E-state index contributed by atoms with van der Waals surface area (Å²) >= 11 is 0. The van der Waals surface area contributed by atoms with Crippen LogP contribution >= 0.6 is 0 Å². The van der Waals surface area contributed by atoms with Crippen molar-refractivity contribution >= 4 is 16.8 Å². The third kappa shape index (κ3) is 2.83. The lowest BCUT2D eigenvalue weighted by Gasteiger charge is -2.66. The summed E-state index contributed by atoms with van der Waals surface area (Å²) in [6.07, 6.45) is 3.43. The Bertz CT molecular complexity index is 1170. The van der Waals surface area contributed by atoms with E-state index in [2.05, 4.69) is 5.32 Å². The van der Waals surface area contributed by atoms with E-state index in [0.717, 1.165) is 47.4 Å². The van der Waals surface area contributed by atoms with Gasteiger partial charge in [0.2, 0.25) is 0 Å². The zero-order valence-corrected chi connectivity index (χ0v) is 17.0. The van der Waals surface area contributed by atoms with Crippen molar-refractivity contribution in [2.75, 3.05) is 0 Å². The smallest absolute Gasteiger partial charge is 0.346 e. The van der Waals surface area contributed by atoms with Crippen molar-refractivity contribution in [2.24, 2.45) is 11.3 Å². The molecule has 2 bridgehead atoms. The Balaban J connectivity index is 1.29. The second-order valence-electron chi connectivity index (χ2n) is 9.68. The lowest BCUT2D eigenvalue weighted by molar-refractivity contribution is -0.140. The molecule has 4 aliphatic rings. The van der Waals surface area contributed by atoms with Gasteiger partial charge in [0.25, 0.3) is 5.91 Å². The van der Waals surface area contributed by atoms with Gasteiger partial charge >= 0.3 is 6.18 Å². The van der Waals surface area contributed by atoms with Crippen LogP contribution in [0, 0.1) is 11.3 Å². The number of hydrogen-bond acceptors (Lipinski definition) is 1. The van der Waals surface area contributed by atoms with Gasteiger partial charge in [0, 0.05) is 23.7 Å². The number of carbonyl (C=O) groups excluding carboxylic acids is 1. The Morgan fingerprint density at radius 3 is 2.32 bits per heavy atom. The summed E-state index contributed by atoms with van der Waals surface area (Å²) in [5, 5.41) is 4.34. The third-order valence-corrected chi connectivity index (χ3v) is 7.82. The van der Waals surface area contributed by atoms with E-state index in [1.54, 1.807) is 0 Å². The van der Waals surface area contributed by atoms with Crippen LogP contribution in [0.5, 0.6) is 0 Å². The van der Waals surface area contributed by atoms with E-state index in [-0.39, 0.29) is 11.4 Å². The SMILES string of the molecule is O=C(NC1(C23CC(C2)C3)CC1)c1cccc2ccn(Cc3ccc(C(F)(F)F)cc3)c12. The van der Waals surface area contributed by atoms with Gasteiger partial charge in [0.1, 0.15) is 0 Å². The Hall–Kier alpha value is -2.76. The minimum absolute atomic E-state index is 0.0220. The van der Waals surface area contributed by atoms with Crippen LogP contribution in [0.15, 0.2) is 54.7 Å². The summed E-state index contributed by atoms with van der Waals surface area (Å²) in [6.45, 7) is 0.405. The number of para-hydroxylation sites is 1. The minimum atomic E-state index is -4.34. The molecule has 31 heavy (non-hydrogen) atoms. The molecular weight excluding hydrogens is 401 g/mol. The van der Waals surface area contributed by atoms with Crippen molar-refractivity contribution in [1.82, 2.24) is 9.88 Å². The van der Waals surface area contributed by atoms with Crippen molar-refractivity contribution in [1.29, 1.82) is 0 Å². The van der Waals surface area contributed by atoms with Crippen LogP contribution in [0.25, 0.3) is 10.9 Å². The first kappa shape index (κ1) is 19.0. The maximum Gasteiger partial charge on any atom is 0.416 e. The molecule has 3 aromatic rings. The molecule has 1 amide bonds.